The molecule has 1 aromatic heterocycles. The maximum Gasteiger partial charge on any atom is 0.423 e. The number of aromatic nitrogens is 2. The summed E-state index contributed by atoms with van der Waals surface area (Å²) < 4.78 is 1.98. The van der Waals surface area contributed by atoms with Crippen LogP contribution in [0.2, 0.25) is 0 Å². The third-order valence-electron chi connectivity index (χ3n) is 2.87. The number of nitrogens with one attached hydrogen (secondary N) is 1. The first-order valence-corrected chi connectivity index (χ1v) is 8.80. The van der Waals surface area contributed by atoms with Crippen LogP contribution in [0.15, 0.2) is 33.1 Å². The topological polar surface area (TPSA) is 54.9 Å². The van der Waals surface area contributed by atoms with Gasteiger partial charge < -0.3 is 5.32 Å². The van der Waals surface area contributed by atoms with Crippen molar-refractivity contribution in [2.24, 2.45) is 0 Å². The predicted molar refractivity (Wildman–Crippen MR) is 91.7 cm³/mol. The van der Waals surface area contributed by atoms with E-state index in [0.29, 0.717) is 5.13 Å². The fourth-order valence-electron chi connectivity index (χ4n) is 1.58. The van der Waals surface area contributed by atoms with Crippen molar-refractivity contribution >= 4 is 50.2 Å². The Kier molecular flexibility index (Phi) is 5.37. The molecule has 2 amide bonds. The van der Waals surface area contributed by atoms with Crippen molar-refractivity contribution < 1.29 is 4.79 Å². The van der Waals surface area contributed by atoms with Gasteiger partial charge in [0.1, 0.15) is 0 Å². The minimum Gasteiger partial charge on any atom is -0.308 e. The number of urea groups is 1. The SMILES string of the molecule is CNC(=O)[N+](C)(C)c1nnc(SCc2ccc(Br)cc2)s1. The van der Waals surface area contributed by atoms with E-state index in [4.69, 9.17) is 0 Å². The van der Waals surface area contributed by atoms with Crippen LogP contribution in [-0.4, -0.2) is 37.4 Å². The maximum absolute atomic E-state index is 11.8. The maximum atomic E-state index is 11.8. The van der Waals surface area contributed by atoms with Crippen LogP contribution in [0.1, 0.15) is 5.56 Å². The van der Waals surface area contributed by atoms with E-state index in [2.05, 4.69) is 43.6 Å². The van der Waals surface area contributed by atoms with Crippen LogP contribution in [-0.2, 0) is 5.75 Å². The van der Waals surface area contributed by atoms with Crippen LogP contribution in [0.3, 0.4) is 0 Å². The van der Waals surface area contributed by atoms with Gasteiger partial charge in [-0.2, -0.15) is 4.48 Å². The van der Waals surface area contributed by atoms with Gasteiger partial charge in [-0.05, 0) is 29.0 Å². The number of carbonyl (C=O) groups excluding carboxylic acids is 1. The summed E-state index contributed by atoms with van der Waals surface area (Å²) in [5.41, 5.74) is 1.22. The molecule has 2 rings (SSSR count). The van der Waals surface area contributed by atoms with Gasteiger partial charge in [-0.25, -0.2) is 4.79 Å². The molecule has 5 nitrogen and oxygen atoms in total. The number of hydrogen-bond donors (Lipinski definition) is 1. The first kappa shape index (κ1) is 16.4. The molecule has 0 saturated heterocycles. The smallest absolute Gasteiger partial charge is 0.308 e. The molecular formula is C13H16BrN4OS2+. The van der Waals surface area contributed by atoms with E-state index in [1.165, 1.54) is 16.9 Å². The lowest BCUT2D eigenvalue weighted by molar-refractivity contribution is 0.219. The largest absolute Gasteiger partial charge is 0.423 e. The summed E-state index contributed by atoms with van der Waals surface area (Å²) in [6.07, 6.45) is 0. The van der Waals surface area contributed by atoms with Gasteiger partial charge in [0.05, 0.1) is 14.1 Å². The van der Waals surface area contributed by atoms with Crippen LogP contribution < -0.4 is 9.80 Å². The predicted octanol–water partition coefficient (Wildman–Crippen LogP) is 3.50. The van der Waals surface area contributed by atoms with Crippen LogP contribution in [0.4, 0.5) is 9.93 Å². The van der Waals surface area contributed by atoms with E-state index in [1.807, 2.05) is 12.1 Å². The average Bonchev–Trinajstić information content (AvgIpc) is 2.95. The molecule has 8 heteroatoms. The highest BCUT2D eigenvalue weighted by Gasteiger charge is 2.32. The monoisotopic (exact) mass is 387 g/mol. The van der Waals surface area contributed by atoms with Gasteiger partial charge in [0.15, 0.2) is 4.34 Å². The Balaban J connectivity index is 2.03. The van der Waals surface area contributed by atoms with Gasteiger partial charge in [-0.15, -0.1) is 5.10 Å². The van der Waals surface area contributed by atoms with Gasteiger partial charge in [0.25, 0.3) is 0 Å². The molecule has 0 unspecified atom stereocenters. The highest BCUT2D eigenvalue weighted by Crippen LogP contribution is 2.32. The lowest BCUT2D eigenvalue weighted by Crippen LogP contribution is -2.51. The first-order valence-electron chi connectivity index (χ1n) is 6.21. The zero-order chi connectivity index (χ0) is 15.5. The number of halogens is 1. The Morgan fingerprint density at radius 1 is 1.33 bits per heavy atom. The Bertz CT molecular complexity index is 627. The van der Waals surface area contributed by atoms with Crippen LogP contribution >= 0.6 is 39.0 Å². The number of nitrogens with zero attached hydrogens (tertiary/aromatic N) is 3. The van der Waals surface area contributed by atoms with Crippen molar-refractivity contribution in [3.63, 3.8) is 0 Å². The number of hydrogen-bond acceptors (Lipinski definition) is 5. The molecule has 1 heterocycles. The number of quaternary nitrogens is 1. The van der Waals surface area contributed by atoms with Gasteiger partial charge in [0.2, 0.25) is 0 Å². The molecule has 0 spiro atoms. The molecular weight excluding hydrogens is 372 g/mol. The molecule has 0 aliphatic rings. The number of thioether (sulfide) groups is 1. The van der Waals surface area contributed by atoms with E-state index in [-0.39, 0.29) is 10.5 Å². The van der Waals surface area contributed by atoms with Crippen molar-refractivity contribution in [3.05, 3.63) is 34.3 Å². The molecule has 0 radical (unpaired) electrons. The van der Waals surface area contributed by atoms with Gasteiger partial charge in [-0.3, -0.25) is 0 Å². The van der Waals surface area contributed by atoms with E-state index in [1.54, 1.807) is 32.9 Å². The molecule has 0 bridgehead atoms. The Morgan fingerprint density at radius 2 is 2.00 bits per heavy atom. The fraction of sp³-hybridized carbons (Fsp3) is 0.308. The van der Waals surface area contributed by atoms with E-state index in [0.717, 1.165) is 14.6 Å². The van der Waals surface area contributed by atoms with E-state index < -0.39 is 0 Å². The summed E-state index contributed by atoms with van der Waals surface area (Å²) in [7, 11) is 5.21. The first-order chi connectivity index (χ1) is 9.93. The van der Waals surface area contributed by atoms with Crippen molar-refractivity contribution in [2.45, 2.75) is 10.1 Å². The van der Waals surface area contributed by atoms with Crippen molar-refractivity contribution in [1.29, 1.82) is 0 Å². The van der Waals surface area contributed by atoms with Gasteiger partial charge >= 0.3 is 11.2 Å². The highest BCUT2D eigenvalue weighted by molar-refractivity contribution is 9.10. The van der Waals surface area contributed by atoms with Crippen LogP contribution in [0.25, 0.3) is 0 Å². The highest BCUT2D eigenvalue weighted by atomic mass is 79.9. The molecule has 21 heavy (non-hydrogen) atoms. The fourth-order valence-corrected chi connectivity index (χ4v) is 3.69. The van der Waals surface area contributed by atoms with Gasteiger partial charge in [0, 0.05) is 17.3 Å². The molecule has 1 N–H and O–H groups in total. The minimum atomic E-state index is -0.115. The normalized spacial score (nSPS) is 11.4. The zero-order valence-electron chi connectivity index (χ0n) is 12.0. The Morgan fingerprint density at radius 3 is 2.62 bits per heavy atom. The molecule has 0 atom stereocenters. The molecule has 0 fully saturated rings. The summed E-state index contributed by atoms with van der Waals surface area (Å²) in [6.45, 7) is 0. The standard InChI is InChI=1S/C13H15BrN4OS2/c1-15-11(19)18(2,3)12-16-17-13(21-12)20-8-9-4-6-10(14)7-5-9/h4-7H,8H2,1-3H3/p+1. The molecule has 0 aliphatic carbocycles. The molecule has 0 saturated carbocycles. The van der Waals surface area contributed by atoms with Crippen LogP contribution in [0.5, 0.6) is 0 Å². The zero-order valence-corrected chi connectivity index (χ0v) is 15.2. The number of amides is 2. The average molecular weight is 388 g/mol. The third-order valence-corrected chi connectivity index (χ3v) is 5.79. The second-order valence-electron chi connectivity index (χ2n) is 4.77. The van der Waals surface area contributed by atoms with E-state index >= 15 is 0 Å². The second-order valence-corrected chi connectivity index (χ2v) is 7.87. The molecule has 1 aromatic carbocycles. The Hall–Kier alpha value is -0.960. The van der Waals surface area contributed by atoms with Crippen LogP contribution in [0, 0.1) is 0 Å². The van der Waals surface area contributed by atoms with Crippen molar-refractivity contribution in [2.75, 3.05) is 21.1 Å². The van der Waals surface area contributed by atoms with Crippen molar-refractivity contribution in [1.82, 2.24) is 20.0 Å². The number of benzene rings is 1. The second kappa shape index (κ2) is 6.87. The summed E-state index contributed by atoms with van der Waals surface area (Å²) >= 11 is 6.49. The third kappa shape index (κ3) is 4.03. The molecule has 112 valence electrons. The summed E-state index contributed by atoms with van der Waals surface area (Å²) in [5.74, 6) is 0.829. The van der Waals surface area contributed by atoms with E-state index in [9.17, 15) is 4.79 Å². The van der Waals surface area contributed by atoms with Crippen molar-refractivity contribution in [3.8, 4) is 0 Å². The summed E-state index contributed by atoms with van der Waals surface area (Å²) in [6, 6.07) is 8.07. The Labute approximate surface area is 140 Å². The lowest BCUT2D eigenvalue weighted by atomic mass is 10.2. The summed E-state index contributed by atoms with van der Waals surface area (Å²) in [5, 5.41) is 11.6. The molecule has 0 aliphatic heterocycles. The summed E-state index contributed by atoms with van der Waals surface area (Å²) in [4.78, 5) is 11.8. The number of rotatable bonds is 4. The minimum absolute atomic E-state index is 0.0486. The van der Waals surface area contributed by atoms with Gasteiger partial charge in [-0.1, -0.05) is 44.9 Å². The lowest BCUT2D eigenvalue weighted by Gasteiger charge is -2.20. The number of carbonyl (C=O) groups is 1. The molecule has 2 aromatic rings. The quantitative estimate of drug-likeness (QED) is 0.495.